The third-order valence-corrected chi connectivity index (χ3v) is 4.16. The van der Waals surface area contributed by atoms with Crippen LogP contribution >= 0.6 is 0 Å². The molecular weight excluding hydrogens is 290 g/mol. The molecule has 1 amide bonds. The first-order chi connectivity index (χ1) is 11.2. The minimum Gasteiger partial charge on any atom is -0.387 e. The van der Waals surface area contributed by atoms with E-state index >= 15 is 0 Å². The van der Waals surface area contributed by atoms with Crippen molar-refractivity contribution in [1.82, 2.24) is 14.8 Å². The van der Waals surface area contributed by atoms with Gasteiger partial charge in [-0.05, 0) is 17.7 Å². The molecule has 0 saturated carbocycles. The summed E-state index contributed by atoms with van der Waals surface area (Å²) in [7, 11) is 0. The molecule has 1 fully saturated rings. The van der Waals surface area contributed by atoms with Crippen LogP contribution in [0.15, 0.2) is 54.7 Å². The second-order valence-electron chi connectivity index (χ2n) is 5.73. The lowest BCUT2D eigenvalue weighted by Crippen LogP contribution is -2.49. The third-order valence-electron chi connectivity index (χ3n) is 4.16. The monoisotopic (exact) mass is 311 g/mol. The molecule has 1 aromatic carbocycles. The summed E-state index contributed by atoms with van der Waals surface area (Å²) in [5, 5.41) is 10.3. The van der Waals surface area contributed by atoms with E-state index in [0.717, 1.165) is 18.7 Å². The molecular formula is C18H21N3O2. The van der Waals surface area contributed by atoms with Crippen molar-refractivity contribution in [3.63, 3.8) is 0 Å². The topological polar surface area (TPSA) is 56.7 Å². The lowest BCUT2D eigenvalue weighted by atomic mass is 10.1. The Morgan fingerprint density at radius 3 is 2.39 bits per heavy atom. The minimum atomic E-state index is -0.491. The molecule has 0 spiro atoms. The second-order valence-corrected chi connectivity index (χ2v) is 5.73. The summed E-state index contributed by atoms with van der Waals surface area (Å²) >= 11 is 0. The molecule has 1 unspecified atom stereocenters. The summed E-state index contributed by atoms with van der Waals surface area (Å²) < 4.78 is 0. The molecule has 5 nitrogen and oxygen atoms in total. The third kappa shape index (κ3) is 3.94. The highest BCUT2D eigenvalue weighted by atomic mass is 16.3. The predicted molar refractivity (Wildman–Crippen MR) is 88.0 cm³/mol. The highest BCUT2D eigenvalue weighted by Crippen LogP contribution is 2.15. The molecule has 0 aliphatic carbocycles. The molecule has 0 bridgehead atoms. The van der Waals surface area contributed by atoms with Crippen LogP contribution in [0.1, 0.15) is 22.2 Å². The standard InChI is InChI=1S/C18H21N3O2/c22-17(15-6-2-1-3-7-15)14-20-10-12-21(13-11-20)18(23)16-8-4-5-9-19-16/h1-9,17,22H,10-14H2. The van der Waals surface area contributed by atoms with Gasteiger partial charge in [0.15, 0.2) is 0 Å². The predicted octanol–water partition coefficient (Wildman–Crippen LogP) is 1.57. The van der Waals surface area contributed by atoms with Gasteiger partial charge in [-0.3, -0.25) is 14.7 Å². The number of amides is 1. The van der Waals surface area contributed by atoms with Crippen LogP contribution in [-0.4, -0.2) is 58.5 Å². The van der Waals surface area contributed by atoms with Gasteiger partial charge in [-0.25, -0.2) is 0 Å². The normalized spacial score (nSPS) is 17.0. The van der Waals surface area contributed by atoms with Crippen molar-refractivity contribution in [2.75, 3.05) is 32.7 Å². The Balaban J connectivity index is 1.52. The highest BCUT2D eigenvalue weighted by Gasteiger charge is 2.24. The number of hydrogen-bond donors (Lipinski definition) is 1. The quantitative estimate of drug-likeness (QED) is 0.931. The van der Waals surface area contributed by atoms with Crippen LogP contribution in [0.2, 0.25) is 0 Å². The van der Waals surface area contributed by atoms with Gasteiger partial charge in [0.05, 0.1) is 6.10 Å². The molecule has 1 saturated heterocycles. The van der Waals surface area contributed by atoms with Gasteiger partial charge in [-0.2, -0.15) is 0 Å². The number of carbonyl (C=O) groups is 1. The number of benzene rings is 1. The molecule has 120 valence electrons. The van der Waals surface area contributed by atoms with Crippen molar-refractivity contribution >= 4 is 5.91 Å². The summed E-state index contributed by atoms with van der Waals surface area (Å²) in [6.45, 7) is 3.45. The van der Waals surface area contributed by atoms with Crippen molar-refractivity contribution in [3.8, 4) is 0 Å². The van der Waals surface area contributed by atoms with E-state index in [2.05, 4.69) is 9.88 Å². The molecule has 1 aliphatic heterocycles. The summed E-state index contributed by atoms with van der Waals surface area (Å²) in [6, 6.07) is 15.1. The smallest absolute Gasteiger partial charge is 0.272 e. The van der Waals surface area contributed by atoms with Crippen LogP contribution in [0.25, 0.3) is 0 Å². The fraction of sp³-hybridized carbons (Fsp3) is 0.333. The Kier molecular flexibility index (Phi) is 5.00. The lowest BCUT2D eigenvalue weighted by molar-refractivity contribution is 0.0523. The SMILES string of the molecule is O=C(c1ccccn1)N1CCN(CC(O)c2ccccc2)CC1. The maximum atomic E-state index is 12.3. The Morgan fingerprint density at radius 2 is 1.74 bits per heavy atom. The van der Waals surface area contributed by atoms with Crippen molar-refractivity contribution in [2.24, 2.45) is 0 Å². The van der Waals surface area contributed by atoms with E-state index in [1.807, 2.05) is 41.3 Å². The number of rotatable bonds is 4. The fourth-order valence-corrected chi connectivity index (χ4v) is 2.81. The van der Waals surface area contributed by atoms with Crippen LogP contribution in [0.4, 0.5) is 0 Å². The van der Waals surface area contributed by atoms with E-state index in [1.165, 1.54) is 0 Å². The number of nitrogens with zero attached hydrogens (tertiary/aromatic N) is 3. The lowest BCUT2D eigenvalue weighted by Gasteiger charge is -2.35. The van der Waals surface area contributed by atoms with Crippen molar-refractivity contribution in [2.45, 2.75) is 6.10 Å². The Labute approximate surface area is 136 Å². The van der Waals surface area contributed by atoms with E-state index in [-0.39, 0.29) is 5.91 Å². The largest absolute Gasteiger partial charge is 0.387 e. The van der Waals surface area contributed by atoms with E-state index in [0.29, 0.717) is 25.3 Å². The first-order valence-electron chi connectivity index (χ1n) is 7.90. The number of carbonyl (C=O) groups excluding carboxylic acids is 1. The minimum absolute atomic E-state index is 0.0196. The summed E-state index contributed by atoms with van der Waals surface area (Å²) in [6.07, 6.45) is 1.15. The first kappa shape index (κ1) is 15.6. The zero-order valence-corrected chi connectivity index (χ0v) is 13.0. The zero-order chi connectivity index (χ0) is 16.1. The van der Waals surface area contributed by atoms with E-state index in [9.17, 15) is 9.90 Å². The molecule has 1 atom stereocenters. The maximum Gasteiger partial charge on any atom is 0.272 e. The average molecular weight is 311 g/mol. The maximum absolute atomic E-state index is 12.3. The van der Waals surface area contributed by atoms with Crippen LogP contribution in [-0.2, 0) is 0 Å². The number of aromatic nitrogens is 1. The number of hydrogen-bond acceptors (Lipinski definition) is 4. The number of aliphatic hydroxyl groups excluding tert-OH is 1. The molecule has 0 radical (unpaired) electrons. The first-order valence-corrected chi connectivity index (χ1v) is 7.90. The molecule has 2 heterocycles. The van der Waals surface area contributed by atoms with Gasteiger partial charge < -0.3 is 10.0 Å². The Bertz CT molecular complexity index is 625. The number of piperazine rings is 1. The zero-order valence-electron chi connectivity index (χ0n) is 13.0. The van der Waals surface area contributed by atoms with Gasteiger partial charge >= 0.3 is 0 Å². The second kappa shape index (κ2) is 7.35. The fourth-order valence-electron chi connectivity index (χ4n) is 2.81. The number of aliphatic hydroxyl groups is 1. The molecule has 5 heteroatoms. The van der Waals surface area contributed by atoms with Crippen LogP contribution in [0.5, 0.6) is 0 Å². The molecule has 1 N–H and O–H groups in total. The van der Waals surface area contributed by atoms with Gasteiger partial charge in [-0.1, -0.05) is 36.4 Å². The molecule has 23 heavy (non-hydrogen) atoms. The van der Waals surface area contributed by atoms with Crippen molar-refractivity contribution in [1.29, 1.82) is 0 Å². The highest BCUT2D eigenvalue weighted by molar-refractivity contribution is 5.92. The summed E-state index contributed by atoms with van der Waals surface area (Å²) in [4.78, 5) is 20.5. The van der Waals surface area contributed by atoms with Gasteiger partial charge in [0.25, 0.3) is 5.91 Å². The summed E-state index contributed by atoms with van der Waals surface area (Å²) in [5.41, 5.74) is 1.42. The molecule has 2 aromatic rings. The van der Waals surface area contributed by atoms with Crippen LogP contribution < -0.4 is 0 Å². The number of pyridine rings is 1. The van der Waals surface area contributed by atoms with Gasteiger partial charge in [0.1, 0.15) is 5.69 Å². The molecule has 3 rings (SSSR count). The Hall–Kier alpha value is -2.24. The molecule has 1 aromatic heterocycles. The van der Waals surface area contributed by atoms with Crippen LogP contribution in [0, 0.1) is 0 Å². The van der Waals surface area contributed by atoms with Gasteiger partial charge in [0, 0.05) is 38.9 Å². The number of β-amino-alcohol motifs (C(OH)–C–C–N with tert-alkyl or cyclic N) is 1. The molecule has 1 aliphatic rings. The summed E-state index contributed by atoms with van der Waals surface area (Å²) in [5.74, 6) is -0.0196. The van der Waals surface area contributed by atoms with E-state index in [1.54, 1.807) is 18.3 Å². The Morgan fingerprint density at radius 1 is 1.04 bits per heavy atom. The van der Waals surface area contributed by atoms with Gasteiger partial charge in [0.2, 0.25) is 0 Å². The van der Waals surface area contributed by atoms with Crippen molar-refractivity contribution in [3.05, 3.63) is 66.0 Å². The van der Waals surface area contributed by atoms with Gasteiger partial charge in [-0.15, -0.1) is 0 Å². The average Bonchev–Trinajstić information content (AvgIpc) is 2.63. The van der Waals surface area contributed by atoms with Crippen LogP contribution in [0.3, 0.4) is 0 Å². The van der Waals surface area contributed by atoms with Crippen molar-refractivity contribution < 1.29 is 9.90 Å². The van der Waals surface area contributed by atoms with E-state index in [4.69, 9.17) is 0 Å². The van der Waals surface area contributed by atoms with E-state index < -0.39 is 6.10 Å².